The number of rotatable bonds is 6. The first-order valence-electron chi connectivity index (χ1n) is 6.90. The fourth-order valence-corrected chi connectivity index (χ4v) is 3.07. The van der Waals surface area contributed by atoms with Crippen LogP contribution < -0.4 is 0 Å². The molecule has 3 rings (SSSR count). The van der Waals surface area contributed by atoms with E-state index in [1.54, 1.807) is 0 Å². The molecule has 0 atom stereocenters. The van der Waals surface area contributed by atoms with Gasteiger partial charge in [0, 0.05) is 25.7 Å². The van der Waals surface area contributed by atoms with Crippen LogP contribution in [-0.2, 0) is 19.0 Å². The normalized spacial score (nSPS) is 16.9. The van der Waals surface area contributed by atoms with Crippen LogP contribution in [0.1, 0.15) is 36.0 Å². The third kappa shape index (κ3) is 2.72. The van der Waals surface area contributed by atoms with Crippen LogP contribution in [-0.4, -0.2) is 36.1 Å². The second-order valence-electron chi connectivity index (χ2n) is 5.67. The van der Waals surface area contributed by atoms with Gasteiger partial charge in [-0.2, -0.15) is 0 Å². The van der Waals surface area contributed by atoms with Gasteiger partial charge in [-0.1, -0.05) is 6.92 Å². The molecule has 0 unspecified atom stereocenters. The van der Waals surface area contributed by atoms with Crippen LogP contribution in [0.25, 0.3) is 11.2 Å². The molecule has 0 aromatic carbocycles. The molecule has 0 spiro atoms. The van der Waals surface area contributed by atoms with Crippen molar-refractivity contribution in [2.45, 2.75) is 25.2 Å². The Morgan fingerprint density at radius 1 is 1.41 bits per heavy atom. The van der Waals surface area contributed by atoms with Crippen LogP contribution in [0, 0.1) is 0 Å². The van der Waals surface area contributed by atoms with E-state index in [4.69, 9.17) is 13.5 Å². The summed E-state index contributed by atoms with van der Waals surface area (Å²) in [5, 5.41) is 0. The first-order valence-corrected chi connectivity index (χ1v) is 8.63. The minimum absolute atomic E-state index is 0.0638. The number of Topliss-reactive ketones (excluding diaryl/α,β-unsaturated/α-hetero) is 1. The zero-order valence-electron chi connectivity index (χ0n) is 12.7. The average molecular weight is 324 g/mol. The van der Waals surface area contributed by atoms with Crippen LogP contribution >= 0.6 is 7.60 Å². The monoisotopic (exact) mass is 324 g/mol. The average Bonchev–Trinajstić information content (AvgIpc) is 3.12. The van der Waals surface area contributed by atoms with E-state index in [0.717, 1.165) is 18.6 Å². The second-order valence-corrected chi connectivity index (χ2v) is 7.94. The van der Waals surface area contributed by atoms with E-state index >= 15 is 0 Å². The molecule has 2 aromatic heterocycles. The summed E-state index contributed by atoms with van der Waals surface area (Å²) in [5.41, 5.74) is 1.11. The summed E-state index contributed by atoms with van der Waals surface area (Å²) in [6.45, 7) is 2.12. The molecule has 0 radical (unpaired) electrons. The number of hydrogen-bond donors (Lipinski definition) is 0. The number of fused-ring (bicyclic) bond motifs is 1. The summed E-state index contributed by atoms with van der Waals surface area (Å²) in [6, 6.07) is 1.82. The maximum atomic E-state index is 12.2. The quantitative estimate of drug-likeness (QED) is 0.596. The minimum Gasteiger partial charge on any atom is -0.441 e. The molecule has 0 aliphatic heterocycles. The summed E-state index contributed by atoms with van der Waals surface area (Å²) in [6.07, 6.45) is 3.10. The first kappa shape index (κ1) is 15.3. The van der Waals surface area contributed by atoms with Gasteiger partial charge in [0.2, 0.25) is 5.71 Å². The smallest absolute Gasteiger partial charge is 0.337 e. The molecule has 7 nitrogen and oxygen atoms in total. The van der Waals surface area contributed by atoms with E-state index in [0.29, 0.717) is 11.2 Å². The van der Waals surface area contributed by atoms with Gasteiger partial charge in [-0.05, 0) is 12.8 Å². The van der Waals surface area contributed by atoms with Gasteiger partial charge in [-0.15, -0.1) is 0 Å². The van der Waals surface area contributed by atoms with E-state index in [1.165, 1.54) is 20.4 Å². The molecule has 1 saturated carbocycles. The van der Waals surface area contributed by atoms with Gasteiger partial charge in [0.15, 0.2) is 5.78 Å². The van der Waals surface area contributed by atoms with E-state index < -0.39 is 13.4 Å². The van der Waals surface area contributed by atoms with Crippen molar-refractivity contribution in [2.24, 2.45) is 0 Å². The molecule has 2 aromatic rings. The van der Waals surface area contributed by atoms with Crippen molar-refractivity contribution >= 4 is 24.6 Å². The van der Waals surface area contributed by atoms with E-state index in [-0.39, 0.29) is 17.3 Å². The predicted molar refractivity (Wildman–Crippen MR) is 79.2 cm³/mol. The summed E-state index contributed by atoms with van der Waals surface area (Å²) in [7, 11) is -0.933. The number of nitrogens with zero attached hydrogens (tertiary/aromatic N) is 2. The standard InChI is InChI=1S/C14H17N2O5P/c1-14(4-5-14)12-6-9-13(21-12)15-7-10(16-9)11(17)8-22(18,19-2)20-3/h6-7H,4-5,8H2,1-3H3. The molecular weight excluding hydrogens is 307 g/mol. The molecule has 1 fully saturated rings. The first-order chi connectivity index (χ1) is 10.4. The van der Waals surface area contributed by atoms with Crippen LogP contribution in [0.4, 0.5) is 0 Å². The number of hydrogen-bond acceptors (Lipinski definition) is 7. The summed E-state index contributed by atoms with van der Waals surface area (Å²) in [5.74, 6) is 0.397. The molecule has 0 N–H and O–H groups in total. The number of carbonyl (C=O) groups excluding carboxylic acids is 1. The molecule has 0 bridgehead atoms. The van der Waals surface area contributed by atoms with Gasteiger partial charge in [-0.25, -0.2) is 9.97 Å². The van der Waals surface area contributed by atoms with Crippen molar-refractivity contribution in [3.05, 3.63) is 23.7 Å². The zero-order valence-corrected chi connectivity index (χ0v) is 13.6. The third-order valence-corrected chi connectivity index (χ3v) is 5.80. The van der Waals surface area contributed by atoms with Crippen LogP contribution in [0.5, 0.6) is 0 Å². The SMILES string of the molecule is COP(=O)(CC(=O)c1cnc2oc(C3(C)CC3)cc2n1)OC. The lowest BCUT2D eigenvalue weighted by molar-refractivity contribution is 0.100. The summed E-state index contributed by atoms with van der Waals surface area (Å²) >= 11 is 0. The Bertz CT molecular complexity index is 773. The highest BCUT2D eigenvalue weighted by Crippen LogP contribution is 2.49. The number of carbonyl (C=O) groups is 1. The van der Waals surface area contributed by atoms with Gasteiger partial charge in [-0.3, -0.25) is 9.36 Å². The second kappa shape index (κ2) is 5.26. The Balaban J connectivity index is 1.88. The molecule has 1 aliphatic rings. The number of furan rings is 1. The summed E-state index contributed by atoms with van der Waals surface area (Å²) < 4.78 is 27.2. The fraction of sp³-hybridized carbons (Fsp3) is 0.500. The molecule has 22 heavy (non-hydrogen) atoms. The third-order valence-electron chi connectivity index (χ3n) is 4.01. The summed E-state index contributed by atoms with van der Waals surface area (Å²) in [4.78, 5) is 20.5. The molecule has 1 aliphatic carbocycles. The van der Waals surface area contributed by atoms with Crippen molar-refractivity contribution in [2.75, 3.05) is 20.4 Å². The van der Waals surface area contributed by atoms with Gasteiger partial charge in [0.05, 0.1) is 6.20 Å². The van der Waals surface area contributed by atoms with Crippen LogP contribution in [0.3, 0.4) is 0 Å². The maximum absolute atomic E-state index is 12.2. The van der Waals surface area contributed by atoms with Crippen molar-refractivity contribution in [1.82, 2.24) is 9.97 Å². The lowest BCUT2D eigenvalue weighted by atomic mass is 10.1. The Hall–Kier alpha value is -1.56. The van der Waals surface area contributed by atoms with Gasteiger partial charge in [0.25, 0.3) is 0 Å². The van der Waals surface area contributed by atoms with Crippen molar-refractivity contribution in [3.63, 3.8) is 0 Å². The Morgan fingerprint density at radius 2 is 2.09 bits per heavy atom. The molecule has 0 amide bonds. The largest absolute Gasteiger partial charge is 0.441 e. The van der Waals surface area contributed by atoms with Crippen molar-refractivity contribution in [3.8, 4) is 0 Å². The highest BCUT2D eigenvalue weighted by Gasteiger charge is 2.42. The lowest BCUT2D eigenvalue weighted by Crippen LogP contribution is -2.10. The maximum Gasteiger partial charge on any atom is 0.337 e. The highest BCUT2D eigenvalue weighted by atomic mass is 31.2. The fourth-order valence-electron chi connectivity index (χ4n) is 2.15. The molecule has 118 valence electrons. The number of ketones is 1. The van der Waals surface area contributed by atoms with E-state index in [1.807, 2.05) is 6.07 Å². The molecule has 2 heterocycles. The minimum atomic E-state index is -3.42. The van der Waals surface area contributed by atoms with Crippen LogP contribution in [0.2, 0.25) is 0 Å². The van der Waals surface area contributed by atoms with Gasteiger partial charge >= 0.3 is 7.60 Å². The highest BCUT2D eigenvalue weighted by molar-refractivity contribution is 7.54. The molecule has 8 heteroatoms. The van der Waals surface area contributed by atoms with Crippen LogP contribution in [0.15, 0.2) is 16.7 Å². The van der Waals surface area contributed by atoms with Gasteiger partial charge < -0.3 is 13.5 Å². The molecular formula is C14H17N2O5P. The Morgan fingerprint density at radius 3 is 2.68 bits per heavy atom. The van der Waals surface area contributed by atoms with Crippen molar-refractivity contribution < 1.29 is 22.8 Å². The Kier molecular flexibility index (Phi) is 3.67. The van der Waals surface area contributed by atoms with Gasteiger partial charge in [0.1, 0.15) is 23.1 Å². The molecule has 0 saturated heterocycles. The predicted octanol–water partition coefficient (Wildman–Crippen LogP) is 2.94. The zero-order chi connectivity index (χ0) is 16.0. The number of aromatic nitrogens is 2. The lowest BCUT2D eigenvalue weighted by Gasteiger charge is -2.11. The topological polar surface area (TPSA) is 91.5 Å². The van der Waals surface area contributed by atoms with Crippen molar-refractivity contribution in [1.29, 1.82) is 0 Å². The van der Waals surface area contributed by atoms with E-state index in [9.17, 15) is 9.36 Å². The Labute approximate surface area is 127 Å². The van der Waals surface area contributed by atoms with E-state index in [2.05, 4.69) is 16.9 Å².